The third-order valence-electron chi connectivity index (χ3n) is 3.61. The zero-order valence-electron chi connectivity index (χ0n) is 11.4. The summed E-state index contributed by atoms with van der Waals surface area (Å²) in [6.45, 7) is 6.29. The molecule has 0 aliphatic heterocycles. The maximum Gasteiger partial charge on any atom is 0.303 e. The van der Waals surface area contributed by atoms with E-state index in [1.165, 1.54) is 27.6 Å². The van der Waals surface area contributed by atoms with E-state index in [1.807, 2.05) is 7.05 Å². The van der Waals surface area contributed by atoms with E-state index in [0.717, 1.165) is 5.69 Å². The fraction of sp³-hybridized carbons (Fsp3) is 0.400. The van der Waals surface area contributed by atoms with E-state index < -0.39 is 5.97 Å². The maximum atomic E-state index is 10.7. The molecule has 3 nitrogen and oxygen atoms in total. The first-order valence-electron chi connectivity index (χ1n) is 6.18. The lowest BCUT2D eigenvalue weighted by atomic mass is 10.0. The number of aliphatic carboxylic acids is 1. The van der Waals surface area contributed by atoms with Crippen LogP contribution in [0.5, 0.6) is 0 Å². The number of benzene rings is 1. The van der Waals surface area contributed by atoms with Crippen molar-refractivity contribution in [1.29, 1.82) is 0 Å². The Morgan fingerprint density at radius 2 is 1.94 bits per heavy atom. The average molecular weight is 245 g/mol. The van der Waals surface area contributed by atoms with E-state index >= 15 is 0 Å². The molecule has 0 radical (unpaired) electrons. The Morgan fingerprint density at radius 3 is 2.56 bits per heavy atom. The second-order valence-corrected chi connectivity index (χ2v) is 5.00. The lowest BCUT2D eigenvalue weighted by molar-refractivity contribution is -0.136. The molecule has 18 heavy (non-hydrogen) atoms. The summed E-state index contributed by atoms with van der Waals surface area (Å²) in [4.78, 5) is 10.7. The van der Waals surface area contributed by atoms with Crippen molar-refractivity contribution in [3.05, 3.63) is 34.5 Å². The van der Waals surface area contributed by atoms with Gasteiger partial charge in [-0.15, -0.1) is 0 Å². The number of carboxylic acids is 1. The molecular weight excluding hydrogens is 226 g/mol. The SMILES string of the molecule is Cc1cc(C)c2c(C)c(CCC(=O)O)n(C)c2c1. The van der Waals surface area contributed by atoms with Crippen LogP contribution in [0.4, 0.5) is 0 Å². The Balaban J connectivity index is 2.62. The van der Waals surface area contributed by atoms with Gasteiger partial charge in [-0.05, 0) is 49.9 Å². The van der Waals surface area contributed by atoms with Crippen molar-refractivity contribution in [3.8, 4) is 0 Å². The summed E-state index contributed by atoms with van der Waals surface area (Å²) in [5, 5.41) is 10.1. The molecule has 0 bridgehead atoms. The maximum absolute atomic E-state index is 10.7. The standard InChI is InChI=1S/C15H19NO2/c1-9-7-10(2)15-11(3)12(5-6-14(17)18)16(4)13(15)8-9/h7-8H,5-6H2,1-4H3,(H,17,18). The quantitative estimate of drug-likeness (QED) is 0.902. The van der Waals surface area contributed by atoms with Gasteiger partial charge in [0.15, 0.2) is 0 Å². The molecule has 0 unspecified atom stereocenters. The van der Waals surface area contributed by atoms with Crippen molar-refractivity contribution < 1.29 is 9.90 Å². The fourth-order valence-corrected chi connectivity index (χ4v) is 2.82. The van der Waals surface area contributed by atoms with Crippen LogP contribution < -0.4 is 0 Å². The Kier molecular flexibility index (Phi) is 3.16. The monoisotopic (exact) mass is 245 g/mol. The van der Waals surface area contributed by atoms with Crippen LogP contribution in [-0.4, -0.2) is 15.6 Å². The van der Waals surface area contributed by atoms with Crippen LogP contribution in [0.2, 0.25) is 0 Å². The molecule has 0 saturated heterocycles. The molecule has 1 heterocycles. The molecule has 0 aliphatic rings. The Hall–Kier alpha value is -1.77. The van der Waals surface area contributed by atoms with Gasteiger partial charge in [0.05, 0.1) is 6.42 Å². The summed E-state index contributed by atoms with van der Waals surface area (Å²) in [5.41, 5.74) is 6.04. The highest BCUT2D eigenvalue weighted by atomic mass is 16.4. The summed E-state index contributed by atoms with van der Waals surface area (Å²) in [6, 6.07) is 4.34. The first kappa shape index (κ1) is 12.7. The molecule has 3 heteroatoms. The second-order valence-electron chi connectivity index (χ2n) is 5.00. The van der Waals surface area contributed by atoms with Crippen LogP contribution in [0.3, 0.4) is 0 Å². The molecule has 0 amide bonds. The highest BCUT2D eigenvalue weighted by molar-refractivity contribution is 5.89. The normalized spacial score (nSPS) is 11.1. The molecule has 0 aliphatic carbocycles. The van der Waals surface area contributed by atoms with E-state index in [9.17, 15) is 4.79 Å². The summed E-state index contributed by atoms with van der Waals surface area (Å²) >= 11 is 0. The number of carboxylic acid groups (broad SMARTS) is 1. The highest BCUT2D eigenvalue weighted by Crippen LogP contribution is 2.29. The minimum Gasteiger partial charge on any atom is -0.481 e. The van der Waals surface area contributed by atoms with E-state index in [0.29, 0.717) is 6.42 Å². The first-order valence-corrected chi connectivity index (χ1v) is 6.18. The molecule has 2 aromatic rings. The number of carbonyl (C=O) groups is 1. The third kappa shape index (κ3) is 2.01. The van der Waals surface area contributed by atoms with Gasteiger partial charge in [-0.3, -0.25) is 4.79 Å². The van der Waals surface area contributed by atoms with Crippen LogP contribution in [0.15, 0.2) is 12.1 Å². The lowest BCUT2D eigenvalue weighted by Crippen LogP contribution is -2.03. The van der Waals surface area contributed by atoms with Crippen LogP contribution in [0.25, 0.3) is 10.9 Å². The van der Waals surface area contributed by atoms with Gasteiger partial charge < -0.3 is 9.67 Å². The molecule has 0 saturated carbocycles. The van der Waals surface area contributed by atoms with Crippen molar-refractivity contribution in [2.75, 3.05) is 0 Å². The first-order chi connectivity index (χ1) is 8.41. The van der Waals surface area contributed by atoms with E-state index in [1.54, 1.807) is 0 Å². The van der Waals surface area contributed by atoms with Gasteiger partial charge in [-0.2, -0.15) is 0 Å². The van der Waals surface area contributed by atoms with Crippen LogP contribution >= 0.6 is 0 Å². The van der Waals surface area contributed by atoms with Crippen molar-refractivity contribution >= 4 is 16.9 Å². The largest absolute Gasteiger partial charge is 0.481 e. The Morgan fingerprint density at radius 1 is 1.28 bits per heavy atom. The van der Waals surface area contributed by atoms with Gasteiger partial charge in [0.2, 0.25) is 0 Å². The Bertz CT molecular complexity index is 623. The smallest absolute Gasteiger partial charge is 0.303 e. The summed E-state index contributed by atoms with van der Waals surface area (Å²) in [6.07, 6.45) is 0.772. The van der Waals surface area contributed by atoms with Crippen molar-refractivity contribution in [2.45, 2.75) is 33.6 Å². The number of nitrogens with zero attached hydrogens (tertiary/aromatic N) is 1. The van der Waals surface area contributed by atoms with Crippen molar-refractivity contribution in [1.82, 2.24) is 4.57 Å². The molecule has 1 aromatic heterocycles. The van der Waals surface area contributed by atoms with Gasteiger partial charge in [-0.1, -0.05) is 6.07 Å². The molecule has 2 rings (SSSR count). The molecule has 96 valence electrons. The number of aromatic nitrogens is 1. The van der Waals surface area contributed by atoms with Gasteiger partial charge in [0, 0.05) is 23.6 Å². The summed E-state index contributed by atoms with van der Waals surface area (Å²) < 4.78 is 2.13. The molecule has 0 spiro atoms. The molecular formula is C15H19NO2. The second kappa shape index (κ2) is 4.48. The Labute approximate surface area is 107 Å². The zero-order chi connectivity index (χ0) is 13.4. The van der Waals surface area contributed by atoms with Gasteiger partial charge >= 0.3 is 5.97 Å². The summed E-state index contributed by atoms with van der Waals surface area (Å²) in [7, 11) is 2.02. The average Bonchev–Trinajstić information content (AvgIpc) is 2.49. The van der Waals surface area contributed by atoms with Gasteiger partial charge in [0.1, 0.15) is 0 Å². The molecule has 1 aromatic carbocycles. The van der Waals surface area contributed by atoms with Crippen molar-refractivity contribution in [3.63, 3.8) is 0 Å². The summed E-state index contributed by atoms with van der Waals surface area (Å²) in [5.74, 6) is -0.743. The van der Waals surface area contributed by atoms with E-state index in [4.69, 9.17) is 5.11 Å². The van der Waals surface area contributed by atoms with E-state index in [2.05, 4.69) is 37.5 Å². The van der Waals surface area contributed by atoms with Gasteiger partial charge in [-0.25, -0.2) is 0 Å². The topological polar surface area (TPSA) is 42.2 Å². The fourth-order valence-electron chi connectivity index (χ4n) is 2.82. The highest BCUT2D eigenvalue weighted by Gasteiger charge is 2.14. The minimum atomic E-state index is -0.743. The molecule has 0 atom stereocenters. The van der Waals surface area contributed by atoms with Crippen LogP contribution in [0, 0.1) is 20.8 Å². The zero-order valence-corrected chi connectivity index (χ0v) is 11.4. The van der Waals surface area contributed by atoms with Gasteiger partial charge in [0.25, 0.3) is 0 Å². The van der Waals surface area contributed by atoms with Crippen LogP contribution in [-0.2, 0) is 18.3 Å². The number of fused-ring (bicyclic) bond motifs is 1. The van der Waals surface area contributed by atoms with Crippen molar-refractivity contribution in [2.24, 2.45) is 7.05 Å². The van der Waals surface area contributed by atoms with Crippen LogP contribution in [0.1, 0.15) is 28.8 Å². The van der Waals surface area contributed by atoms with E-state index in [-0.39, 0.29) is 6.42 Å². The third-order valence-corrected chi connectivity index (χ3v) is 3.61. The number of hydrogen-bond acceptors (Lipinski definition) is 1. The number of rotatable bonds is 3. The lowest BCUT2D eigenvalue weighted by Gasteiger charge is -2.04. The number of hydrogen-bond donors (Lipinski definition) is 1. The molecule has 1 N–H and O–H groups in total. The molecule has 0 fully saturated rings. The number of aryl methyl sites for hydroxylation is 4. The minimum absolute atomic E-state index is 0.184. The predicted molar refractivity (Wildman–Crippen MR) is 73.1 cm³/mol. The predicted octanol–water partition coefficient (Wildman–Crippen LogP) is 3.12.